The molecule has 0 aromatic heterocycles. The number of carbonyl (C=O) groups is 1. The van der Waals surface area contributed by atoms with Crippen LogP contribution in [0, 0.1) is 6.92 Å². The van der Waals surface area contributed by atoms with Gasteiger partial charge in [-0.3, -0.25) is 0 Å². The molecule has 0 heterocycles. The van der Waals surface area contributed by atoms with Crippen molar-refractivity contribution in [3.8, 4) is 0 Å². The van der Waals surface area contributed by atoms with Crippen LogP contribution in [0.15, 0.2) is 36.4 Å². The highest BCUT2D eigenvalue weighted by Gasteiger charge is 2.13. The summed E-state index contributed by atoms with van der Waals surface area (Å²) < 4.78 is 0. The molecular formula is C16H11Cl3O2. The number of hydrogen-bond acceptors (Lipinski definition) is 1. The Kier molecular flexibility index (Phi) is 4.94. The summed E-state index contributed by atoms with van der Waals surface area (Å²) >= 11 is 18.0. The number of rotatable bonds is 3. The molecule has 0 spiro atoms. The maximum atomic E-state index is 11.5. The summed E-state index contributed by atoms with van der Waals surface area (Å²) in [5.41, 5.74) is 2.09. The zero-order valence-corrected chi connectivity index (χ0v) is 13.3. The van der Waals surface area contributed by atoms with Crippen LogP contribution in [-0.4, -0.2) is 11.1 Å². The van der Waals surface area contributed by atoms with Crippen LogP contribution in [0.25, 0.3) is 11.6 Å². The second-order valence-corrected chi connectivity index (χ2v) is 5.74. The molecule has 2 rings (SSSR count). The predicted octanol–water partition coefficient (Wildman–Crippen LogP) is 5.58. The quantitative estimate of drug-likeness (QED) is 0.584. The van der Waals surface area contributed by atoms with Crippen molar-refractivity contribution < 1.29 is 9.90 Å². The Bertz CT molecular complexity index is 736. The SMILES string of the molecule is Cc1ccc(/C(=C/c2ccc(Cl)cc2Cl)C(=O)O)cc1Cl. The zero-order valence-electron chi connectivity index (χ0n) is 11.0. The second-order valence-electron chi connectivity index (χ2n) is 4.49. The summed E-state index contributed by atoms with van der Waals surface area (Å²) in [6.45, 7) is 1.85. The van der Waals surface area contributed by atoms with Gasteiger partial charge < -0.3 is 5.11 Å². The maximum absolute atomic E-state index is 11.5. The van der Waals surface area contributed by atoms with Crippen molar-refractivity contribution >= 4 is 52.4 Å². The van der Waals surface area contributed by atoms with Gasteiger partial charge in [0, 0.05) is 15.1 Å². The molecule has 0 radical (unpaired) electrons. The van der Waals surface area contributed by atoms with E-state index in [-0.39, 0.29) is 5.57 Å². The van der Waals surface area contributed by atoms with Crippen molar-refractivity contribution in [3.05, 3.63) is 68.2 Å². The fourth-order valence-electron chi connectivity index (χ4n) is 1.80. The molecule has 5 heteroatoms. The summed E-state index contributed by atoms with van der Waals surface area (Å²) in [6.07, 6.45) is 1.50. The van der Waals surface area contributed by atoms with Crippen LogP contribution in [0.5, 0.6) is 0 Å². The van der Waals surface area contributed by atoms with Crippen LogP contribution in [0.3, 0.4) is 0 Å². The van der Waals surface area contributed by atoms with E-state index in [0.717, 1.165) is 5.56 Å². The molecule has 0 aliphatic heterocycles. The Labute approximate surface area is 137 Å². The fraction of sp³-hybridized carbons (Fsp3) is 0.0625. The van der Waals surface area contributed by atoms with E-state index in [9.17, 15) is 9.90 Å². The number of aryl methyl sites for hydroxylation is 1. The lowest BCUT2D eigenvalue weighted by Gasteiger charge is -2.07. The molecule has 0 aliphatic rings. The first-order valence-corrected chi connectivity index (χ1v) is 7.18. The minimum Gasteiger partial charge on any atom is -0.478 e. The number of carboxylic acids is 1. The summed E-state index contributed by atoms with van der Waals surface area (Å²) in [6, 6.07) is 10.0. The van der Waals surface area contributed by atoms with Gasteiger partial charge in [0.2, 0.25) is 0 Å². The molecule has 0 aliphatic carbocycles. The number of carboxylic acid groups (broad SMARTS) is 1. The van der Waals surface area contributed by atoms with Crippen LogP contribution in [-0.2, 0) is 4.79 Å². The minimum absolute atomic E-state index is 0.112. The normalized spacial score (nSPS) is 11.5. The maximum Gasteiger partial charge on any atom is 0.336 e. The zero-order chi connectivity index (χ0) is 15.6. The van der Waals surface area contributed by atoms with Gasteiger partial charge in [0.1, 0.15) is 0 Å². The van der Waals surface area contributed by atoms with Crippen LogP contribution < -0.4 is 0 Å². The van der Waals surface area contributed by atoms with Crippen molar-refractivity contribution in [2.75, 3.05) is 0 Å². The third kappa shape index (κ3) is 3.79. The predicted molar refractivity (Wildman–Crippen MR) is 88.2 cm³/mol. The van der Waals surface area contributed by atoms with Gasteiger partial charge in [-0.15, -0.1) is 0 Å². The van der Waals surface area contributed by atoms with E-state index in [2.05, 4.69) is 0 Å². The fourth-order valence-corrected chi connectivity index (χ4v) is 2.45. The molecule has 2 aromatic carbocycles. The third-order valence-corrected chi connectivity index (χ3v) is 3.95. The van der Waals surface area contributed by atoms with Gasteiger partial charge in [0.05, 0.1) is 5.57 Å². The highest BCUT2D eigenvalue weighted by molar-refractivity contribution is 6.36. The van der Waals surface area contributed by atoms with E-state index in [1.807, 2.05) is 6.92 Å². The highest BCUT2D eigenvalue weighted by Crippen LogP contribution is 2.28. The topological polar surface area (TPSA) is 37.3 Å². The van der Waals surface area contributed by atoms with Crippen LogP contribution in [0.2, 0.25) is 15.1 Å². The van der Waals surface area contributed by atoms with Gasteiger partial charge in [-0.2, -0.15) is 0 Å². The average molecular weight is 342 g/mol. The van der Waals surface area contributed by atoms with Gasteiger partial charge in [-0.25, -0.2) is 4.79 Å². The van der Waals surface area contributed by atoms with Crippen molar-refractivity contribution in [2.45, 2.75) is 6.92 Å². The molecule has 108 valence electrons. The first-order chi connectivity index (χ1) is 9.88. The molecule has 2 nitrogen and oxygen atoms in total. The average Bonchev–Trinajstić information content (AvgIpc) is 2.41. The van der Waals surface area contributed by atoms with Gasteiger partial charge in [-0.1, -0.05) is 53.0 Å². The van der Waals surface area contributed by atoms with Crippen molar-refractivity contribution in [2.24, 2.45) is 0 Å². The van der Waals surface area contributed by atoms with Gasteiger partial charge in [-0.05, 0) is 47.9 Å². The van der Waals surface area contributed by atoms with E-state index in [1.54, 1.807) is 36.4 Å². The van der Waals surface area contributed by atoms with E-state index < -0.39 is 5.97 Å². The number of benzene rings is 2. The Morgan fingerprint density at radius 3 is 2.33 bits per heavy atom. The molecular weight excluding hydrogens is 331 g/mol. The van der Waals surface area contributed by atoms with Crippen molar-refractivity contribution in [1.82, 2.24) is 0 Å². The molecule has 0 amide bonds. The summed E-state index contributed by atoms with van der Waals surface area (Å²) in [5, 5.41) is 10.8. The van der Waals surface area contributed by atoms with Crippen molar-refractivity contribution in [3.63, 3.8) is 0 Å². The third-order valence-electron chi connectivity index (χ3n) is 2.98. The van der Waals surface area contributed by atoms with Crippen LogP contribution in [0.4, 0.5) is 0 Å². The van der Waals surface area contributed by atoms with Crippen LogP contribution >= 0.6 is 34.8 Å². The molecule has 0 atom stereocenters. The monoisotopic (exact) mass is 340 g/mol. The Balaban J connectivity index is 2.55. The molecule has 0 saturated carbocycles. The first kappa shape index (κ1) is 15.9. The van der Waals surface area contributed by atoms with Crippen molar-refractivity contribution in [1.29, 1.82) is 0 Å². The molecule has 0 fully saturated rings. The molecule has 1 N–H and O–H groups in total. The summed E-state index contributed by atoms with van der Waals surface area (Å²) in [7, 11) is 0. The lowest BCUT2D eigenvalue weighted by molar-refractivity contribution is -0.130. The number of aliphatic carboxylic acids is 1. The van der Waals surface area contributed by atoms with Crippen LogP contribution in [0.1, 0.15) is 16.7 Å². The lowest BCUT2D eigenvalue weighted by atomic mass is 10.0. The van der Waals surface area contributed by atoms with E-state index in [1.165, 1.54) is 6.08 Å². The van der Waals surface area contributed by atoms with E-state index in [4.69, 9.17) is 34.8 Å². The van der Waals surface area contributed by atoms with Gasteiger partial charge >= 0.3 is 5.97 Å². The molecule has 21 heavy (non-hydrogen) atoms. The Hall–Kier alpha value is -1.48. The number of halogens is 3. The Morgan fingerprint density at radius 1 is 1.05 bits per heavy atom. The molecule has 2 aromatic rings. The van der Waals surface area contributed by atoms with Gasteiger partial charge in [0.15, 0.2) is 0 Å². The largest absolute Gasteiger partial charge is 0.478 e. The van der Waals surface area contributed by atoms with E-state index >= 15 is 0 Å². The summed E-state index contributed by atoms with van der Waals surface area (Å²) in [5.74, 6) is -1.05. The highest BCUT2D eigenvalue weighted by atomic mass is 35.5. The van der Waals surface area contributed by atoms with Gasteiger partial charge in [0.25, 0.3) is 0 Å². The lowest BCUT2D eigenvalue weighted by Crippen LogP contribution is -2.00. The first-order valence-electron chi connectivity index (χ1n) is 6.05. The molecule has 0 unspecified atom stereocenters. The van der Waals surface area contributed by atoms with E-state index in [0.29, 0.717) is 26.2 Å². The molecule has 0 saturated heterocycles. The molecule has 0 bridgehead atoms. The summed E-state index contributed by atoms with van der Waals surface area (Å²) in [4.78, 5) is 11.5. The minimum atomic E-state index is -1.05. The second kappa shape index (κ2) is 6.52. The smallest absolute Gasteiger partial charge is 0.336 e. The Morgan fingerprint density at radius 2 is 1.76 bits per heavy atom. The standard InChI is InChI=1S/C16H11Cl3O2/c1-9-2-3-10(7-14(9)18)13(16(20)21)6-11-4-5-12(17)8-15(11)19/h2-8H,1H3,(H,20,21)/b13-6-. The number of hydrogen-bond donors (Lipinski definition) is 1.